The average Bonchev–Trinajstić information content (AvgIpc) is 2.46. The molecule has 0 aliphatic rings. The van der Waals surface area contributed by atoms with Gasteiger partial charge in [-0.05, 0) is 24.1 Å². The van der Waals surface area contributed by atoms with Crippen molar-refractivity contribution < 1.29 is 9.52 Å². The van der Waals surface area contributed by atoms with Crippen molar-refractivity contribution in [2.45, 2.75) is 13.3 Å². The van der Waals surface area contributed by atoms with Crippen molar-refractivity contribution in [1.29, 1.82) is 0 Å². The van der Waals surface area contributed by atoms with Gasteiger partial charge in [0.2, 0.25) is 0 Å². The molecule has 1 heterocycles. The Kier molecular flexibility index (Phi) is 1.54. The summed E-state index contributed by atoms with van der Waals surface area (Å²) in [6.45, 7) is 2.08. The molecule has 0 unspecified atom stereocenters. The van der Waals surface area contributed by atoms with E-state index in [0.29, 0.717) is 0 Å². The maximum absolute atomic E-state index is 9.15. The summed E-state index contributed by atoms with van der Waals surface area (Å²) in [5.74, 6) is 0.250. The molecule has 0 saturated heterocycles. The molecule has 0 aliphatic carbocycles. The molecule has 1 aromatic carbocycles. The van der Waals surface area contributed by atoms with Crippen LogP contribution < -0.4 is 0 Å². The van der Waals surface area contributed by atoms with Gasteiger partial charge in [0.25, 0.3) is 0 Å². The number of hydrogen-bond acceptors (Lipinski definition) is 2. The molecule has 0 bridgehead atoms. The zero-order valence-corrected chi connectivity index (χ0v) is 6.87. The van der Waals surface area contributed by atoms with Gasteiger partial charge in [0.15, 0.2) is 0 Å². The number of phenols is 1. The minimum absolute atomic E-state index is 0.250. The van der Waals surface area contributed by atoms with Crippen LogP contribution in [0, 0.1) is 0 Å². The maximum Gasteiger partial charge on any atom is 0.137 e. The second-order valence-corrected chi connectivity index (χ2v) is 2.79. The quantitative estimate of drug-likeness (QED) is 0.699. The summed E-state index contributed by atoms with van der Waals surface area (Å²) >= 11 is 0. The van der Waals surface area contributed by atoms with Crippen molar-refractivity contribution in [1.82, 2.24) is 0 Å². The van der Waals surface area contributed by atoms with Gasteiger partial charge in [-0.15, -0.1) is 0 Å². The summed E-state index contributed by atoms with van der Waals surface area (Å²) in [5, 5.41) is 10.2. The molecule has 0 spiro atoms. The Balaban J connectivity index is 2.73. The summed E-state index contributed by atoms with van der Waals surface area (Å²) in [7, 11) is 0. The number of benzene rings is 1. The lowest BCUT2D eigenvalue weighted by molar-refractivity contribution is 0.474. The lowest BCUT2D eigenvalue weighted by atomic mass is 10.1. The van der Waals surface area contributed by atoms with Crippen LogP contribution in [0.25, 0.3) is 11.0 Å². The predicted octanol–water partition coefficient (Wildman–Crippen LogP) is 2.70. The van der Waals surface area contributed by atoms with Crippen molar-refractivity contribution in [3.8, 4) is 5.75 Å². The van der Waals surface area contributed by atoms with E-state index in [1.165, 1.54) is 5.56 Å². The number of aryl methyl sites for hydroxylation is 1. The topological polar surface area (TPSA) is 33.4 Å². The fourth-order valence-electron chi connectivity index (χ4n) is 1.35. The Labute approximate surface area is 70.4 Å². The molecule has 0 radical (unpaired) electrons. The Bertz CT molecular complexity index is 401. The third kappa shape index (κ3) is 0.961. The third-order valence-electron chi connectivity index (χ3n) is 2.02. The van der Waals surface area contributed by atoms with Crippen molar-refractivity contribution >= 4 is 11.0 Å². The highest BCUT2D eigenvalue weighted by Gasteiger charge is 2.03. The molecule has 2 aromatic rings. The van der Waals surface area contributed by atoms with Gasteiger partial charge in [0.05, 0.1) is 6.26 Å². The first-order valence-corrected chi connectivity index (χ1v) is 4.00. The molecule has 62 valence electrons. The van der Waals surface area contributed by atoms with Gasteiger partial charge in [-0.1, -0.05) is 6.92 Å². The average molecular weight is 162 g/mol. The molecule has 0 fully saturated rings. The summed E-state index contributed by atoms with van der Waals surface area (Å²) in [5.41, 5.74) is 1.94. The van der Waals surface area contributed by atoms with E-state index in [1.54, 1.807) is 18.4 Å². The number of furan rings is 1. The van der Waals surface area contributed by atoms with Gasteiger partial charge in [0.1, 0.15) is 11.3 Å². The minimum atomic E-state index is 0.250. The highest BCUT2D eigenvalue weighted by molar-refractivity contribution is 5.82. The van der Waals surface area contributed by atoms with Crippen LogP contribution in [0.2, 0.25) is 0 Å². The van der Waals surface area contributed by atoms with Gasteiger partial charge in [-0.3, -0.25) is 0 Å². The van der Waals surface area contributed by atoms with E-state index >= 15 is 0 Å². The van der Waals surface area contributed by atoms with E-state index in [2.05, 4.69) is 6.92 Å². The Hall–Kier alpha value is -1.44. The number of fused-ring (bicyclic) bond motifs is 1. The van der Waals surface area contributed by atoms with Crippen molar-refractivity contribution in [2.24, 2.45) is 0 Å². The molecule has 2 heteroatoms. The SMILES string of the molecule is CCc1coc2cc(O)ccc12. The molecular formula is C10H10O2. The number of rotatable bonds is 1. The van der Waals surface area contributed by atoms with E-state index in [-0.39, 0.29) is 5.75 Å². The van der Waals surface area contributed by atoms with Crippen LogP contribution >= 0.6 is 0 Å². The summed E-state index contributed by atoms with van der Waals surface area (Å²) in [6.07, 6.45) is 2.70. The summed E-state index contributed by atoms with van der Waals surface area (Å²) in [6, 6.07) is 5.19. The molecule has 0 amide bonds. The molecule has 2 rings (SSSR count). The van der Waals surface area contributed by atoms with E-state index in [9.17, 15) is 0 Å². The zero-order valence-electron chi connectivity index (χ0n) is 6.87. The second-order valence-electron chi connectivity index (χ2n) is 2.79. The first kappa shape index (κ1) is 7.22. The molecule has 1 N–H and O–H groups in total. The Morgan fingerprint density at radius 2 is 2.25 bits per heavy atom. The summed E-state index contributed by atoms with van der Waals surface area (Å²) in [4.78, 5) is 0. The van der Waals surface area contributed by atoms with E-state index in [0.717, 1.165) is 17.4 Å². The van der Waals surface area contributed by atoms with Crippen LogP contribution in [0.1, 0.15) is 12.5 Å². The third-order valence-corrected chi connectivity index (χ3v) is 2.02. The molecule has 0 aliphatic heterocycles. The van der Waals surface area contributed by atoms with E-state index < -0.39 is 0 Å². The molecule has 1 aromatic heterocycles. The number of aromatic hydroxyl groups is 1. The fraction of sp³-hybridized carbons (Fsp3) is 0.200. The maximum atomic E-state index is 9.15. The van der Waals surface area contributed by atoms with Gasteiger partial charge >= 0.3 is 0 Å². The predicted molar refractivity (Wildman–Crippen MR) is 47.3 cm³/mol. The highest BCUT2D eigenvalue weighted by atomic mass is 16.3. The Morgan fingerprint density at radius 1 is 1.42 bits per heavy atom. The summed E-state index contributed by atoms with van der Waals surface area (Å²) < 4.78 is 5.26. The fourth-order valence-corrected chi connectivity index (χ4v) is 1.35. The highest BCUT2D eigenvalue weighted by Crippen LogP contribution is 2.24. The smallest absolute Gasteiger partial charge is 0.137 e. The van der Waals surface area contributed by atoms with Crippen LogP contribution in [0.3, 0.4) is 0 Å². The lowest BCUT2D eigenvalue weighted by Gasteiger charge is -1.92. The van der Waals surface area contributed by atoms with Gasteiger partial charge < -0.3 is 9.52 Å². The lowest BCUT2D eigenvalue weighted by Crippen LogP contribution is -1.73. The molecule has 0 atom stereocenters. The zero-order chi connectivity index (χ0) is 8.55. The number of phenolic OH excluding ortho intramolecular Hbond substituents is 1. The largest absolute Gasteiger partial charge is 0.508 e. The minimum Gasteiger partial charge on any atom is -0.508 e. The van der Waals surface area contributed by atoms with Crippen molar-refractivity contribution in [2.75, 3.05) is 0 Å². The van der Waals surface area contributed by atoms with Crippen LogP contribution in [0.15, 0.2) is 28.9 Å². The first-order chi connectivity index (χ1) is 5.81. The monoisotopic (exact) mass is 162 g/mol. The molecular weight excluding hydrogens is 152 g/mol. The standard InChI is InChI=1S/C10H10O2/c1-2-7-6-12-10-5-8(11)3-4-9(7)10/h3-6,11H,2H2,1H3. The van der Waals surface area contributed by atoms with E-state index in [1.807, 2.05) is 6.07 Å². The Morgan fingerprint density at radius 3 is 3.00 bits per heavy atom. The first-order valence-electron chi connectivity index (χ1n) is 4.00. The van der Waals surface area contributed by atoms with Crippen LogP contribution in [0.4, 0.5) is 0 Å². The number of hydrogen-bond donors (Lipinski definition) is 1. The van der Waals surface area contributed by atoms with Crippen LogP contribution in [-0.4, -0.2) is 5.11 Å². The molecule has 12 heavy (non-hydrogen) atoms. The molecule has 2 nitrogen and oxygen atoms in total. The molecule has 0 saturated carbocycles. The van der Waals surface area contributed by atoms with Crippen molar-refractivity contribution in [3.63, 3.8) is 0 Å². The van der Waals surface area contributed by atoms with Gasteiger partial charge in [-0.2, -0.15) is 0 Å². The second kappa shape index (κ2) is 2.55. The van der Waals surface area contributed by atoms with Crippen molar-refractivity contribution in [3.05, 3.63) is 30.0 Å². The van der Waals surface area contributed by atoms with E-state index in [4.69, 9.17) is 9.52 Å². The van der Waals surface area contributed by atoms with Gasteiger partial charge in [0, 0.05) is 11.5 Å². The normalized spacial score (nSPS) is 10.8. The van der Waals surface area contributed by atoms with Crippen LogP contribution in [-0.2, 0) is 6.42 Å². The van der Waals surface area contributed by atoms with Gasteiger partial charge in [-0.25, -0.2) is 0 Å². The van der Waals surface area contributed by atoms with Crippen LogP contribution in [0.5, 0.6) is 5.75 Å².